The highest BCUT2D eigenvalue weighted by Gasteiger charge is 2.04. The van der Waals surface area contributed by atoms with Crippen LogP contribution in [0.5, 0.6) is 0 Å². The van der Waals surface area contributed by atoms with E-state index in [1.165, 1.54) is 5.56 Å². The maximum Gasteiger partial charge on any atom is 0.252 e. The number of alkyl halides is 1. The van der Waals surface area contributed by atoms with Gasteiger partial charge in [-0.2, -0.15) is 0 Å². The molecule has 0 atom stereocenters. The molecule has 0 spiro atoms. The molecule has 0 saturated carbocycles. The SMILES string of the molecule is CC(C)c1ccc2[nH]c(=O)c(CCl)cc2c1. The van der Waals surface area contributed by atoms with Crippen LogP contribution in [0.25, 0.3) is 10.9 Å². The van der Waals surface area contributed by atoms with Gasteiger partial charge in [0.05, 0.1) is 5.88 Å². The molecule has 0 fully saturated rings. The van der Waals surface area contributed by atoms with E-state index in [0.717, 1.165) is 10.9 Å². The fourth-order valence-corrected chi connectivity index (χ4v) is 1.93. The summed E-state index contributed by atoms with van der Waals surface area (Å²) in [5.74, 6) is 0.729. The van der Waals surface area contributed by atoms with Crippen molar-refractivity contribution < 1.29 is 0 Å². The number of halogens is 1. The number of H-pyrrole nitrogens is 1. The van der Waals surface area contributed by atoms with Crippen molar-refractivity contribution in [3.8, 4) is 0 Å². The van der Waals surface area contributed by atoms with Crippen molar-refractivity contribution in [2.24, 2.45) is 0 Å². The third kappa shape index (κ3) is 1.98. The maximum atomic E-state index is 11.5. The number of rotatable bonds is 2. The van der Waals surface area contributed by atoms with Crippen LogP contribution < -0.4 is 5.56 Å². The number of aromatic nitrogens is 1. The Kier molecular flexibility index (Phi) is 3.01. The zero-order valence-electron chi connectivity index (χ0n) is 9.38. The lowest BCUT2D eigenvalue weighted by molar-refractivity contribution is 0.868. The first-order valence-electron chi connectivity index (χ1n) is 5.33. The Morgan fingerprint density at radius 1 is 1.31 bits per heavy atom. The molecule has 1 N–H and O–H groups in total. The van der Waals surface area contributed by atoms with Gasteiger partial charge in [-0.05, 0) is 35.1 Å². The standard InChI is InChI=1S/C13H14ClNO/c1-8(2)9-3-4-12-10(5-9)6-11(7-14)13(16)15-12/h3-6,8H,7H2,1-2H3,(H,15,16). The van der Waals surface area contributed by atoms with Gasteiger partial charge in [0, 0.05) is 11.1 Å². The lowest BCUT2D eigenvalue weighted by Crippen LogP contribution is -2.10. The van der Waals surface area contributed by atoms with E-state index in [1.54, 1.807) is 0 Å². The molecule has 0 radical (unpaired) electrons. The highest BCUT2D eigenvalue weighted by atomic mass is 35.5. The molecule has 1 aromatic heterocycles. The van der Waals surface area contributed by atoms with E-state index in [9.17, 15) is 4.79 Å². The second-order valence-electron chi connectivity index (χ2n) is 4.26. The Morgan fingerprint density at radius 3 is 2.69 bits per heavy atom. The van der Waals surface area contributed by atoms with Gasteiger partial charge in [-0.25, -0.2) is 0 Å². The van der Waals surface area contributed by atoms with E-state index >= 15 is 0 Å². The Bertz CT molecular complexity index is 572. The first-order chi connectivity index (χ1) is 7.61. The fraction of sp³-hybridized carbons (Fsp3) is 0.308. The Labute approximate surface area is 99.3 Å². The fourth-order valence-electron chi connectivity index (χ4n) is 1.73. The van der Waals surface area contributed by atoms with Crippen molar-refractivity contribution in [2.45, 2.75) is 25.6 Å². The number of fused-ring (bicyclic) bond motifs is 1. The molecule has 1 heterocycles. The van der Waals surface area contributed by atoms with Crippen LogP contribution in [0.2, 0.25) is 0 Å². The third-order valence-corrected chi connectivity index (χ3v) is 3.04. The lowest BCUT2D eigenvalue weighted by atomic mass is 10.0. The van der Waals surface area contributed by atoms with Gasteiger partial charge in [0.15, 0.2) is 0 Å². The Morgan fingerprint density at radius 2 is 2.06 bits per heavy atom. The minimum atomic E-state index is -0.0974. The number of hydrogen-bond acceptors (Lipinski definition) is 1. The Hall–Kier alpha value is -1.28. The molecule has 0 aliphatic rings. The highest BCUT2D eigenvalue weighted by Crippen LogP contribution is 2.20. The smallest absolute Gasteiger partial charge is 0.252 e. The summed E-state index contributed by atoms with van der Waals surface area (Å²) in [6.07, 6.45) is 0. The summed E-state index contributed by atoms with van der Waals surface area (Å²) in [6, 6.07) is 7.96. The van der Waals surface area contributed by atoms with E-state index in [2.05, 4.69) is 24.9 Å². The summed E-state index contributed by atoms with van der Waals surface area (Å²) in [4.78, 5) is 14.4. The largest absolute Gasteiger partial charge is 0.322 e. The average molecular weight is 236 g/mol. The zero-order chi connectivity index (χ0) is 11.7. The van der Waals surface area contributed by atoms with Gasteiger partial charge in [0.1, 0.15) is 0 Å². The molecule has 0 aliphatic carbocycles. The third-order valence-electron chi connectivity index (χ3n) is 2.76. The van der Waals surface area contributed by atoms with E-state index in [-0.39, 0.29) is 11.4 Å². The molecular formula is C13H14ClNO. The van der Waals surface area contributed by atoms with Crippen LogP contribution in [0.3, 0.4) is 0 Å². The molecule has 3 heteroatoms. The molecule has 16 heavy (non-hydrogen) atoms. The summed E-state index contributed by atoms with van der Waals surface area (Å²) in [5, 5.41) is 1.04. The molecule has 0 saturated heterocycles. The van der Waals surface area contributed by atoms with Gasteiger partial charge in [-0.3, -0.25) is 4.79 Å². The van der Waals surface area contributed by atoms with Crippen LogP contribution in [0.1, 0.15) is 30.9 Å². The highest BCUT2D eigenvalue weighted by molar-refractivity contribution is 6.17. The number of hydrogen-bond donors (Lipinski definition) is 1. The maximum absolute atomic E-state index is 11.5. The number of aromatic amines is 1. The van der Waals surface area contributed by atoms with Crippen LogP contribution >= 0.6 is 11.6 Å². The van der Waals surface area contributed by atoms with E-state index < -0.39 is 0 Å². The number of nitrogens with one attached hydrogen (secondary N) is 1. The minimum absolute atomic E-state index is 0.0974. The van der Waals surface area contributed by atoms with Gasteiger partial charge >= 0.3 is 0 Å². The summed E-state index contributed by atoms with van der Waals surface area (Å²) in [6.45, 7) is 4.30. The molecule has 0 unspecified atom stereocenters. The minimum Gasteiger partial charge on any atom is -0.322 e. The van der Waals surface area contributed by atoms with Crippen molar-refractivity contribution in [3.63, 3.8) is 0 Å². The first-order valence-corrected chi connectivity index (χ1v) is 5.87. The molecular weight excluding hydrogens is 222 g/mol. The number of pyridine rings is 1. The van der Waals surface area contributed by atoms with Crippen molar-refractivity contribution in [3.05, 3.63) is 45.7 Å². The van der Waals surface area contributed by atoms with Crippen LogP contribution in [-0.2, 0) is 5.88 Å². The second-order valence-corrected chi connectivity index (χ2v) is 4.53. The summed E-state index contributed by atoms with van der Waals surface area (Å²) in [5.41, 5.74) is 2.65. The first kappa shape index (κ1) is 11.2. The Balaban J connectivity index is 2.68. The summed E-state index contributed by atoms with van der Waals surface area (Å²) >= 11 is 5.71. The molecule has 1 aromatic carbocycles. The second kappa shape index (κ2) is 4.30. The van der Waals surface area contributed by atoms with Gasteiger partial charge in [0.2, 0.25) is 0 Å². The van der Waals surface area contributed by atoms with Gasteiger partial charge in [0.25, 0.3) is 5.56 Å². The van der Waals surface area contributed by atoms with Crippen LogP contribution in [-0.4, -0.2) is 4.98 Å². The molecule has 84 valence electrons. The van der Waals surface area contributed by atoms with Gasteiger partial charge in [-0.1, -0.05) is 19.9 Å². The predicted octanol–water partition coefficient (Wildman–Crippen LogP) is 3.39. The summed E-state index contributed by atoms with van der Waals surface area (Å²) < 4.78 is 0. The van der Waals surface area contributed by atoms with E-state index in [0.29, 0.717) is 11.5 Å². The molecule has 2 aromatic rings. The normalized spacial score (nSPS) is 11.2. The molecule has 2 rings (SSSR count). The monoisotopic (exact) mass is 235 g/mol. The topological polar surface area (TPSA) is 32.9 Å². The van der Waals surface area contributed by atoms with Crippen molar-refractivity contribution >= 4 is 22.5 Å². The molecule has 2 nitrogen and oxygen atoms in total. The number of benzene rings is 1. The molecule has 0 aliphatic heterocycles. The van der Waals surface area contributed by atoms with Crippen molar-refractivity contribution in [2.75, 3.05) is 0 Å². The van der Waals surface area contributed by atoms with Crippen molar-refractivity contribution in [1.82, 2.24) is 4.98 Å². The van der Waals surface area contributed by atoms with E-state index in [4.69, 9.17) is 11.6 Å². The predicted molar refractivity (Wildman–Crippen MR) is 68.2 cm³/mol. The van der Waals surface area contributed by atoms with Gasteiger partial charge in [-0.15, -0.1) is 11.6 Å². The van der Waals surface area contributed by atoms with Crippen molar-refractivity contribution in [1.29, 1.82) is 0 Å². The average Bonchev–Trinajstić information content (AvgIpc) is 2.27. The quantitative estimate of drug-likeness (QED) is 0.796. The molecule has 0 bridgehead atoms. The lowest BCUT2D eigenvalue weighted by Gasteiger charge is -2.07. The zero-order valence-corrected chi connectivity index (χ0v) is 10.1. The van der Waals surface area contributed by atoms with E-state index in [1.807, 2.05) is 18.2 Å². The van der Waals surface area contributed by atoms with Crippen LogP contribution in [0.4, 0.5) is 0 Å². The van der Waals surface area contributed by atoms with Crippen LogP contribution in [0, 0.1) is 0 Å². The van der Waals surface area contributed by atoms with Crippen LogP contribution in [0.15, 0.2) is 29.1 Å². The summed E-state index contributed by atoms with van der Waals surface area (Å²) in [7, 11) is 0. The van der Waals surface area contributed by atoms with Gasteiger partial charge < -0.3 is 4.98 Å². The molecule has 0 amide bonds.